The summed E-state index contributed by atoms with van der Waals surface area (Å²) in [6, 6.07) is 5.99. The van der Waals surface area contributed by atoms with Crippen molar-refractivity contribution in [2.75, 3.05) is 0 Å². The number of nitrogens with zero attached hydrogens (tertiary/aromatic N) is 1. The predicted molar refractivity (Wildman–Crippen MR) is 60.8 cm³/mol. The fraction of sp³-hybridized carbons (Fsp3) is 0.300. The lowest BCUT2D eigenvalue weighted by Gasteiger charge is -1.91. The van der Waals surface area contributed by atoms with E-state index in [0.717, 1.165) is 21.9 Å². The van der Waals surface area contributed by atoms with Gasteiger partial charge in [0.15, 0.2) is 11.5 Å². The zero-order chi connectivity index (χ0) is 9.54. The minimum Gasteiger partial charge on any atom is -0.440 e. The largest absolute Gasteiger partial charge is 0.440 e. The maximum Gasteiger partial charge on any atom is 0.198 e. The molecule has 0 bridgehead atoms. The van der Waals surface area contributed by atoms with Gasteiger partial charge in [-0.2, -0.15) is 0 Å². The minimum absolute atomic E-state index is 0.578. The molecule has 1 aliphatic rings. The first-order valence-corrected chi connectivity index (χ1v) is 6.45. The number of fused-ring (bicyclic) bond motifs is 1. The SMILES string of the molecule is SSc1ccc2nc(C3CC3)oc2c1. The van der Waals surface area contributed by atoms with Gasteiger partial charge in [-0.3, -0.25) is 0 Å². The third-order valence-electron chi connectivity index (χ3n) is 2.41. The van der Waals surface area contributed by atoms with Gasteiger partial charge in [0.05, 0.1) is 0 Å². The highest BCUT2D eigenvalue weighted by Crippen LogP contribution is 2.40. The zero-order valence-corrected chi connectivity index (χ0v) is 9.15. The molecule has 0 unspecified atom stereocenters. The summed E-state index contributed by atoms with van der Waals surface area (Å²) in [5.74, 6) is 1.48. The van der Waals surface area contributed by atoms with Crippen molar-refractivity contribution in [3.63, 3.8) is 0 Å². The topological polar surface area (TPSA) is 26.0 Å². The van der Waals surface area contributed by atoms with Crippen molar-refractivity contribution in [3.8, 4) is 0 Å². The second-order valence-electron chi connectivity index (χ2n) is 3.55. The number of oxazole rings is 1. The molecule has 2 aromatic rings. The number of thiol groups is 1. The molecule has 0 saturated heterocycles. The van der Waals surface area contributed by atoms with Gasteiger partial charge in [0.2, 0.25) is 0 Å². The molecular weight excluding hydrogens is 214 g/mol. The summed E-state index contributed by atoms with van der Waals surface area (Å²) in [5, 5.41) is 0. The van der Waals surface area contributed by atoms with Crippen molar-refractivity contribution >= 4 is 33.6 Å². The van der Waals surface area contributed by atoms with Crippen LogP contribution in [0.25, 0.3) is 11.1 Å². The number of aromatic nitrogens is 1. The Bertz CT molecular complexity index is 476. The Kier molecular flexibility index (Phi) is 1.99. The van der Waals surface area contributed by atoms with Crippen molar-refractivity contribution < 1.29 is 4.42 Å². The molecule has 0 N–H and O–H groups in total. The third kappa shape index (κ3) is 1.42. The molecule has 2 nitrogen and oxygen atoms in total. The summed E-state index contributed by atoms with van der Waals surface area (Å²) in [6.45, 7) is 0. The summed E-state index contributed by atoms with van der Waals surface area (Å²) >= 11 is 4.15. The molecule has 1 aliphatic carbocycles. The predicted octanol–water partition coefficient (Wildman–Crippen LogP) is 3.64. The number of rotatable bonds is 2. The van der Waals surface area contributed by atoms with Crippen LogP contribution >= 0.6 is 22.5 Å². The van der Waals surface area contributed by atoms with Crippen LogP contribution in [0.3, 0.4) is 0 Å². The van der Waals surface area contributed by atoms with Crippen molar-refractivity contribution in [1.82, 2.24) is 4.98 Å². The molecule has 1 fully saturated rings. The van der Waals surface area contributed by atoms with E-state index in [9.17, 15) is 0 Å². The molecule has 14 heavy (non-hydrogen) atoms. The Morgan fingerprint density at radius 1 is 1.43 bits per heavy atom. The van der Waals surface area contributed by atoms with Crippen molar-refractivity contribution in [1.29, 1.82) is 0 Å². The summed E-state index contributed by atoms with van der Waals surface area (Å²) in [5.41, 5.74) is 1.84. The van der Waals surface area contributed by atoms with E-state index in [4.69, 9.17) is 4.42 Å². The Hall–Kier alpha value is -0.610. The fourth-order valence-electron chi connectivity index (χ4n) is 1.48. The monoisotopic (exact) mass is 223 g/mol. The molecule has 72 valence electrons. The fourth-order valence-corrected chi connectivity index (χ4v) is 2.11. The Morgan fingerprint density at radius 2 is 2.29 bits per heavy atom. The Morgan fingerprint density at radius 3 is 3.00 bits per heavy atom. The summed E-state index contributed by atoms with van der Waals surface area (Å²) < 4.78 is 5.68. The van der Waals surface area contributed by atoms with E-state index in [2.05, 4.69) is 16.6 Å². The molecule has 1 aromatic heterocycles. The van der Waals surface area contributed by atoms with Crippen LogP contribution in [0.15, 0.2) is 27.5 Å². The molecule has 1 aromatic carbocycles. The lowest BCUT2D eigenvalue weighted by Crippen LogP contribution is -1.74. The quantitative estimate of drug-likeness (QED) is 0.621. The molecule has 4 heteroatoms. The lowest BCUT2D eigenvalue weighted by atomic mass is 10.3. The van der Waals surface area contributed by atoms with Crippen molar-refractivity contribution in [3.05, 3.63) is 24.1 Å². The van der Waals surface area contributed by atoms with Gasteiger partial charge in [-0.1, -0.05) is 10.8 Å². The molecule has 1 saturated carbocycles. The first-order valence-electron chi connectivity index (χ1n) is 4.59. The summed E-state index contributed by atoms with van der Waals surface area (Å²) in [7, 11) is 1.42. The summed E-state index contributed by atoms with van der Waals surface area (Å²) in [6.07, 6.45) is 2.45. The second kappa shape index (κ2) is 3.21. The van der Waals surface area contributed by atoms with Gasteiger partial charge in [0.1, 0.15) is 5.52 Å². The van der Waals surface area contributed by atoms with Gasteiger partial charge in [0, 0.05) is 10.8 Å². The van der Waals surface area contributed by atoms with Crippen LogP contribution in [0.4, 0.5) is 0 Å². The first kappa shape index (κ1) is 8.68. The van der Waals surface area contributed by atoms with Crippen LogP contribution in [0.5, 0.6) is 0 Å². The highest BCUT2D eigenvalue weighted by molar-refractivity contribution is 8.68. The highest BCUT2D eigenvalue weighted by Gasteiger charge is 2.28. The standard InChI is InChI=1S/C10H9NOS2/c13-14-7-3-4-8-9(5-7)12-10(11-8)6-1-2-6/h3-6,13H,1-2H2. The molecule has 3 rings (SSSR count). The Labute approximate surface area is 90.9 Å². The highest BCUT2D eigenvalue weighted by atomic mass is 33.1. The average Bonchev–Trinajstić information content (AvgIpc) is 2.97. The third-order valence-corrected chi connectivity index (χ3v) is 3.51. The van der Waals surface area contributed by atoms with Gasteiger partial charge in [-0.05, 0) is 31.0 Å². The van der Waals surface area contributed by atoms with Crippen LogP contribution in [0.2, 0.25) is 0 Å². The lowest BCUT2D eigenvalue weighted by molar-refractivity contribution is 0.532. The van der Waals surface area contributed by atoms with Crippen LogP contribution in [-0.4, -0.2) is 4.98 Å². The van der Waals surface area contributed by atoms with Crippen LogP contribution in [-0.2, 0) is 0 Å². The molecular formula is C10H9NOS2. The smallest absolute Gasteiger partial charge is 0.198 e. The van der Waals surface area contributed by atoms with Gasteiger partial charge >= 0.3 is 0 Å². The molecule has 1 heterocycles. The van der Waals surface area contributed by atoms with E-state index >= 15 is 0 Å². The molecule has 0 aliphatic heterocycles. The van der Waals surface area contributed by atoms with Crippen LogP contribution in [0.1, 0.15) is 24.7 Å². The summed E-state index contributed by atoms with van der Waals surface area (Å²) in [4.78, 5) is 5.55. The first-order chi connectivity index (χ1) is 6.86. The number of hydrogen-bond acceptors (Lipinski definition) is 4. The second-order valence-corrected chi connectivity index (χ2v) is 4.75. The Balaban J connectivity index is 2.12. The molecule has 0 radical (unpaired) electrons. The average molecular weight is 223 g/mol. The molecule has 0 spiro atoms. The van der Waals surface area contributed by atoms with Crippen LogP contribution < -0.4 is 0 Å². The molecule has 0 amide bonds. The minimum atomic E-state index is 0.578. The number of benzene rings is 1. The normalized spacial score (nSPS) is 16.4. The van der Waals surface area contributed by atoms with E-state index in [1.54, 1.807) is 0 Å². The maximum absolute atomic E-state index is 5.68. The van der Waals surface area contributed by atoms with E-state index in [0.29, 0.717) is 5.92 Å². The molecule has 0 atom stereocenters. The van der Waals surface area contributed by atoms with Gasteiger partial charge < -0.3 is 4.42 Å². The van der Waals surface area contributed by atoms with Gasteiger partial charge in [0.25, 0.3) is 0 Å². The zero-order valence-electron chi connectivity index (χ0n) is 7.43. The van der Waals surface area contributed by atoms with E-state index in [-0.39, 0.29) is 0 Å². The van der Waals surface area contributed by atoms with E-state index in [1.807, 2.05) is 18.2 Å². The van der Waals surface area contributed by atoms with Crippen LogP contribution in [0, 0.1) is 0 Å². The maximum atomic E-state index is 5.68. The number of hydrogen-bond donors (Lipinski definition) is 1. The van der Waals surface area contributed by atoms with Gasteiger partial charge in [-0.25, -0.2) is 4.98 Å². The van der Waals surface area contributed by atoms with Crippen molar-refractivity contribution in [2.45, 2.75) is 23.7 Å². The van der Waals surface area contributed by atoms with Crippen molar-refractivity contribution in [2.24, 2.45) is 0 Å². The van der Waals surface area contributed by atoms with Gasteiger partial charge in [-0.15, -0.1) is 11.7 Å². The van der Waals surface area contributed by atoms with E-state index < -0.39 is 0 Å². The van der Waals surface area contributed by atoms with E-state index in [1.165, 1.54) is 23.6 Å².